The Morgan fingerprint density at radius 2 is 2.04 bits per heavy atom. The largest absolute Gasteiger partial charge is 0.379 e. The average Bonchev–Trinajstić information content (AvgIpc) is 2.55. The monoisotopic (exact) mass is 322 g/mol. The van der Waals surface area contributed by atoms with Gasteiger partial charge in [0.25, 0.3) is 5.56 Å². The van der Waals surface area contributed by atoms with Gasteiger partial charge in [-0.15, -0.1) is 0 Å². The second kappa shape index (κ2) is 6.54. The summed E-state index contributed by atoms with van der Waals surface area (Å²) in [5.74, 6) is -0.117. The summed E-state index contributed by atoms with van der Waals surface area (Å²) in [6.45, 7) is 3.87. The molecule has 0 saturated heterocycles. The molecule has 1 aromatic carbocycles. The number of carbonyl (C=O) groups is 1. The lowest BCUT2D eigenvalue weighted by molar-refractivity contribution is -0.114. The van der Waals surface area contributed by atoms with Crippen LogP contribution in [0.1, 0.15) is 18.2 Å². The number of aromatic nitrogens is 2. The Bertz CT molecular complexity index is 963. The number of amides is 1. The van der Waals surface area contributed by atoms with Crippen molar-refractivity contribution in [3.05, 3.63) is 70.3 Å². The third-order valence-electron chi connectivity index (χ3n) is 3.64. The fourth-order valence-electron chi connectivity index (χ4n) is 2.47. The van der Waals surface area contributed by atoms with Crippen LogP contribution in [0.5, 0.6) is 0 Å². The third-order valence-corrected chi connectivity index (χ3v) is 3.64. The van der Waals surface area contributed by atoms with Crippen LogP contribution in [0.2, 0.25) is 0 Å². The molecule has 0 aliphatic rings. The molecule has 2 heterocycles. The Labute approximate surface area is 139 Å². The van der Waals surface area contributed by atoms with Gasteiger partial charge in [0.15, 0.2) is 0 Å². The summed E-state index contributed by atoms with van der Waals surface area (Å²) in [6.07, 6.45) is 1.70. The number of pyridine rings is 1. The first kappa shape index (κ1) is 15.7. The Morgan fingerprint density at radius 3 is 2.83 bits per heavy atom. The second-order valence-electron chi connectivity index (χ2n) is 5.58. The predicted octanol–water partition coefficient (Wildman–Crippen LogP) is 2.57. The SMILES string of the molecule is CC(=O)Nc1ccc(C)c(NCc2cc(=O)n3ccccc3n2)c1. The van der Waals surface area contributed by atoms with Crippen molar-refractivity contribution in [1.29, 1.82) is 0 Å². The zero-order valence-electron chi connectivity index (χ0n) is 13.5. The lowest BCUT2D eigenvalue weighted by Gasteiger charge is -2.12. The minimum atomic E-state index is -0.117. The molecule has 24 heavy (non-hydrogen) atoms. The van der Waals surface area contributed by atoms with Gasteiger partial charge in [-0.2, -0.15) is 0 Å². The first-order valence-electron chi connectivity index (χ1n) is 7.62. The molecule has 1 amide bonds. The Kier molecular flexibility index (Phi) is 4.29. The number of anilines is 2. The van der Waals surface area contributed by atoms with Crippen molar-refractivity contribution < 1.29 is 4.79 Å². The van der Waals surface area contributed by atoms with Gasteiger partial charge in [0.1, 0.15) is 5.65 Å². The van der Waals surface area contributed by atoms with Crippen molar-refractivity contribution in [2.75, 3.05) is 10.6 Å². The van der Waals surface area contributed by atoms with E-state index in [9.17, 15) is 9.59 Å². The van der Waals surface area contributed by atoms with Crippen molar-refractivity contribution in [3.63, 3.8) is 0 Å². The first-order chi connectivity index (χ1) is 11.5. The number of carbonyl (C=O) groups excluding carboxylic acids is 1. The van der Waals surface area contributed by atoms with E-state index in [4.69, 9.17) is 0 Å². The molecule has 0 bridgehead atoms. The van der Waals surface area contributed by atoms with Crippen LogP contribution in [-0.4, -0.2) is 15.3 Å². The van der Waals surface area contributed by atoms with Crippen molar-refractivity contribution in [2.45, 2.75) is 20.4 Å². The van der Waals surface area contributed by atoms with Crippen LogP contribution in [0.15, 0.2) is 53.5 Å². The summed E-state index contributed by atoms with van der Waals surface area (Å²) in [7, 11) is 0. The number of nitrogens with zero attached hydrogens (tertiary/aromatic N) is 2. The molecule has 0 spiro atoms. The third kappa shape index (κ3) is 3.43. The Balaban J connectivity index is 1.83. The summed E-state index contributed by atoms with van der Waals surface area (Å²) in [6, 6.07) is 12.6. The topological polar surface area (TPSA) is 75.5 Å². The van der Waals surface area contributed by atoms with Gasteiger partial charge in [0.05, 0.1) is 12.2 Å². The van der Waals surface area contributed by atoms with E-state index in [1.165, 1.54) is 17.4 Å². The van der Waals surface area contributed by atoms with E-state index in [0.29, 0.717) is 17.9 Å². The van der Waals surface area contributed by atoms with Crippen molar-refractivity contribution in [3.8, 4) is 0 Å². The van der Waals surface area contributed by atoms with Gasteiger partial charge in [-0.1, -0.05) is 12.1 Å². The maximum absolute atomic E-state index is 12.1. The lowest BCUT2D eigenvalue weighted by Crippen LogP contribution is -2.16. The van der Waals surface area contributed by atoms with Crippen LogP contribution >= 0.6 is 0 Å². The summed E-state index contributed by atoms with van der Waals surface area (Å²) < 4.78 is 1.51. The summed E-state index contributed by atoms with van der Waals surface area (Å²) in [5, 5.41) is 6.03. The van der Waals surface area contributed by atoms with Crippen molar-refractivity contribution in [1.82, 2.24) is 9.38 Å². The van der Waals surface area contributed by atoms with Gasteiger partial charge in [0.2, 0.25) is 5.91 Å². The van der Waals surface area contributed by atoms with Crippen molar-refractivity contribution in [2.24, 2.45) is 0 Å². The van der Waals surface area contributed by atoms with Crippen LogP contribution in [0.25, 0.3) is 5.65 Å². The molecule has 2 N–H and O–H groups in total. The van der Waals surface area contributed by atoms with Crippen LogP contribution in [0, 0.1) is 6.92 Å². The molecular formula is C18H18N4O2. The zero-order chi connectivity index (χ0) is 17.1. The van der Waals surface area contributed by atoms with Gasteiger partial charge in [-0.3, -0.25) is 14.0 Å². The maximum Gasteiger partial charge on any atom is 0.258 e. The number of rotatable bonds is 4. The van der Waals surface area contributed by atoms with E-state index in [1.807, 2.05) is 31.2 Å². The van der Waals surface area contributed by atoms with E-state index in [1.54, 1.807) is 18.3 Å². The maximum atomic E-state index is 12.1. The van der Waals surface area contributed by atoms with Crippen LogP contribution in [0.3, 0.4) is 0 Å². The molecule has 3 aromatic rings. The van der Waals surface area contributed by atoms with Gasteiger partial charge >= 0.3 is 0 Å². The quantitative estimate of drug-likeness (QED) is 0.774. The number of fused-ring (bicyclic) bond motifs is 1. The molecule has 0 unspecified atom stereocenters. The van der Waals surface area contributed by atoms with E-state index in [2.05, 4.69) is 15.6 Å². The summed E-state index contributed by atoms with van der Waals surface area (Å²) in [5.41, 5.74) is 3.82. The van der Waals surface area contributed by atoms with Crippen LogP contribution < -0.4 is 16.2 Å². The molecule has 0 radical (unpaired) electrons. The average molecular weight is 322 g/mol. The highest BCUT2D eigenvalue weighted by atomic mass is 16.1. The Morgan fingerprint density at radius 1 is 1.21 bits per heavy atom. The highest BCUT2D eigenvalue weighted by Crippen LogP contribution is 2.20. The molecule has 0 atom stereocenters. The minimum absolute atomic E-state index is 0.110. The fourth-order valence-corrected chi connectivity index (χ4v) is 2.47. The minimum Gasteiger partial charge on any atom is -0.379 e. The smallest absolute Gasteiger partial charge is 0.258 e. The molecule has 122 valence electrons. The number of nitrogens with one attached hydrogen (secondary N) is 2. The first-order valence-corrected chi connectivity index (χ1v) is 7.62. The van der Waals surface area contributed by atoms with Crippen molar-refractivity contribution >= 4 is 22.9 Å². The molecule has 6 nitrogen and oxygen atoms in total. The normalized spacial score (nSPS) is 10.6. The number of hydrogen-bond donors (Lipinski definition) is 2. The van der Waals surface area contributed by atoms with Gasteiger partial charge in [-0.05, 0) is 36.8 Å². The van der Waals surface area contributed by atoms with E-state index >= 15 is 0 Å². The highest BCUT2D eigenvalue weighted by Gasteiger charge is 2.05. The predicted molar refractivity (Wildman–Crippen MR) is 94.3 cm³/mol. The van der Waals surface area contributed by atoms with Crippen LogP contribution in [0.4, 0.5) is 11.4 Å². The summed E-state index contributed by atoms with van der Waals surface area (Å²) >= 11 is 0. The molecule has 6 heteroatoms. The number of aryl methyl sites for hydroxylation is 1. The molecule has 3 rings (SSSR count). The standard InChI is InChI=1S/C18H18N4O2/c1-12-6-7-14(20-13(2)23)9-16(12)19-11-15-10-18(24)22-8-4-3-5-17(22)21-15/h3-10,19H,11H2,1-2H3,(H,20,23). The molecule has 0 aliphatic carbocycles. The molecule has 0 saturated carbocycles. The zero-order valence-corrected chi connectivity index (χ0v) is 13.5. The lowest BCUT2D eigenvalue weighted by atomic mass is 10.1. The van der Waals surface area contributed by atoms with Gasteiger partial charge in [-0.25, -0.2) is 4.98 Å². The Hall–Kier alpha value is -3.15. The van der Waals surface area contributed by atoms with E-state index < -0.39 is 0 Å². The van der Waals surface area contributed by atoms with Crippen LogP contribution in [-0.2, 0) is 11.3 Å². The highest BCUT2D eigenvalue weighted by molar-refractivity contribution is 5.89. The molecule has 0 aliphatic heterocycles. The fraction of sp³-hybridized carbons (Fsp3) is 0.167. The van der Waals surface area contributed by atoms with E-state index in [0.717, 1.165) is 16.9 Å². The molecule has 2 aromatic heterocycles. The number of benzene rings is 1. The molecule has 0 fully saturated rings. The van der Waals surface area contributed by atoms with E-state index in [-0.39, 0.29) is 11.5 Å². The van der Waals surface area contributed by atoms with Gasteiger partial charge < -0.3 is 10.6 Å². The van der Waals surface area contributed by atoms with Gasteiger partial charge in [0, 0.05) is 30.6 Å². The number of hydrogen-bond acceptors (Lipinski definition) is 4. The summed E-state index contributed by atoms with van der Waals surface area (Å²) in [4.78, 5) is 27.8. The molecular weight excluding hydrogens is 304 g/mol. The second-order valence-corrected chi connectivity index (χ2v) is 5.58.